The molecule has 4 aromatic rings. The number of thiazole rings is 1. The number of sulfonamides is 1. The Hall–Kier alpha value is -3.34. The van der Waals surface area contributed by atoms with Gasteiger partial charge in [-0.2, -0.15) is 0 Å². The number of aromatic nitrogens is 1. The number of benzene rings is 3. The first kappa shape index (κ1) is 26.7. The third-order valence-electron chi connectivity index (χ3n) is 5.94. The second kappa shape index (κ2) is 11.0. The first-order valence-electron chi connectivity index (χ1n) is 11.8. The summed E-state index contributed by atoms with van der Waals surface area (Å²) in [4.78, 5) is 22.1. The van der Waals surface area contributed by atoms with Gasteiger partial charge in [0.1, 0.15) is 5.82 Å². The molecule has 0 saturated heterocycles. The molecule has 7 nitrogen and oxygen atoms in total. The average molecular weight is 541 g/mol. The quantitative estimate of drug-likeness (QED) is 0.305. The Morgan fingerprint density at radius 3 is 2.41 bits per heavy atom. The molecule has 0 saturated carbocycles. The second-order valence-corrected chi connectivity index (χ2v) is 11.8. The molecular weight excluding hydrogens is 511 g/mol. The van der Waals surface area contributed by atoms with Crippen molar-refractivity contribution in [3.05, 3.63) is 83.2 Å². The van der Waals surface area contributed by atoms with E-state index < -0.39 is 15.8 Å². The summed E-state index contributed by atoms with van der Waals surface area (Å²) in [5.74, 6) is -0.796. The number of hydrogen-bond donors (Lipinski definition) is 1. The van der Waals surface area contributed by atoms with Crippen LogP contribution in [-0.2, 0) is 10.0 Å². The maximum absolute atomic E-state index is 13.7. The van der Waals surface area contributed by atoms with E-state index >= 15 is 0 Å². The molecule has 0 spiro atoms. The Morgan fingerprint density at radius 1 is 1.00 bits per heavy atom. The van der Waals surface area contributed by atoms with Crippen LogP contribution >= 0.6 is 11.3 Å². The molecule has 4 rings (SSSR count). The number of aryl methyl sites for hydroxylation is 2. The number of nitrogens with one attached hydrogen (secondary N) is 1. The molecule has 0 aliphatic heterocycles. The normalized spacial score (nSPS) is 11.7. The molecule has 0 unspecified atom stereocenters. The monoisotopic (exact) mass is 540 g/mol. The summed E-state index contributed by atoms with van der Waals surface area (Å²) < 4.78 is 42.3. The molecule has 1 amide bonds. The van der Waals surface area contributed by atoms with Gasteiger partial charge in [0, 0.05) is 17.8 Å². The van der Waals surface area contributed by atoms with Crippen LogP contribution in [0.15, 0.2) is 65.6 Å². The van der Waals surface area contributed by atoms with E-state index in [2.05, 4.69) is 15.7 Å². The number of anilines is 2. The van der Waals surface area contributed by atoms with Gasteiger partial charge >= 0.3 is 0 Å². The summed E-state index contributed by atoms with van der Waals surface area (Å²) in [6, 6.07) is 15.0. The fourth-order valence-electron chi connectivity index (χ4n) is 3.81. The van der Waals surface area contributed by atoms with Crippen LogP contribution < -0.4 is 9.62 Å². The molecule has 0 atom stereocenters. The van der Waals surface area contributed by atoms with Gasteiger partial charge in [0.25, 0.3) is 15.9 Å². The molecule has 0 bridgehead atoms. The lowest BCUT2D eigenvalue weighted by atomic mass is 10.1. The zero-order valence-electron chi connectivity index (χ0n) is 21.2. The van der Waals surface area contributed by atoms with E-state index in [1.165, 1.54) is 29.5 Å². The predicted molar refractivity (Wildman–Crippen MR) is 148 cm³/mol. The summed E-state index contributed by atoms with van der Waals surface area (Å²) in [6.45, 7) is 5.34. The summed E-state index contributed by atoms with van der Waals surface area (Å²) in [5.41, 5.74) is 3.70. The van der Waals surface area contributed by atoms with Crippen molar-refractivity contribution in [1.82, 2.24) is 9.88 Å². The number of carbonyl (C=O) groups excluding carboxylic acids is 1. The molecule has 1 aromatic heterocycles. The lowest BCUT2D eigenvalue weighted by molar-refractivity contribution is 0.0986. The van der Waals surface area contributed by atoms with E-state index in [1.807, 2.05) is 34.0 Å². The maximum Gasteiger partial charge on any atom is 0.261 e. The van der Waals surface area contributed by atoms with Crippen LogP contribution in [0.1, 0.15) is 27.9 Å². The Bertz CT molecular complexity index is 1490. The Morgan fingerprint density at radius 2 is 1.70 bits per heavy atom. The summed E-state index contributed by atoms with van der Waals surface area (Å²) in [6.07, 6.45) is 0.740. The van der Waals surface area contributed by atoms with Gasteiger partial charge in [-0.25, -0.2) is 17.8 Å². The van der Waals surface area contributed by atoms with Gasteiger partial charge in [-0.05, 0) is 107 Å². The highest BCUT2D eigenvalue weighted by molar-refractivity contribution is 7.92. The Balaban J connectivity index is 1.64. The van der Waals surface area contributed by atoms with E-state index in [1.54, 1.807) is 23.1 Å². The van der Waals surface area contributed by atoms with Crippen LogP contribution in [0.2, 0.25) is 0 Å². The number of hydrogen-bond acceptors (Lipinski definition) is 6. The molecular formula is C27H29FN4O3S2. The summed E-state index contributed by atoms with van der Waals surface area (Å²) >= 11 is 1.46. The van der Waals surface area contributed by atoms with Crippen molar-refractivity contribution in [2.45, 2.75) is 25.2 Å². The first-order chi connectivity index (χ1) is 17.5. The van der Waals surface area contributed by atoms with Crippen molar-refractivity contribution >= 4 is 48.3 Å². The minimum atomic E-state index is -3.95. The predicted octanol–water partition coefficient (Wildman–Crippen LogP) is 5.45. The smallest absolute Gasteiger partial charge is 0.261 e. The highest BCUT2D eigenvalue weighted by Crippen LogP contribution is 2.32. The number of halogens is 1. The van der Waals surface area contributed by atoms with E-state index in [0.29, 0.717) is 17.2 Å². The lowest BCUT2D eigenvalue weighted by Crippen LogP contribution is -2.33. The van der Waals surface area contributed by atoms with E-state index in [0.717, 1.165) is 46.4 Å². The molecule has 0 aliphatic carbocycles. The van der Waals surface area contributed by atoms with Crippen LogP contribution in [0.4, 0.5) is 15.2 Å². The van der Waals surface area contributed by atoms with Crippen molar-refractivity contribution in [3.63, 3.8) is 0 Å². The van der Waals surface area contributed by atoms with Crippen molar-refractivity contribution in [2.24, 2.45) is 0 Å². The van der Waals surface area contributed by atoms with Crippen molar-refractivity contribution in [3.8, 4) is 0 Å². The maximum atomic E-state index is 13.7. The number of fused-ring (bicyclic) bond motifs is 1. The summed E-state index contributed by atoms with van der Waals surface area (Å²) in [5, 5.41) is 0.598. The fraction of sp³-hybridized carbons (Fsp3) is 0.259. The van der Waals surface area contributed by atoms with Gasteiger partial charge in [-0.3, -0.25) is 14.4 Å². The van der Waals surface area contributed by atoms with Crippen LogP contribution in [0.25, 0.3) is 10.2 Å². The fourth-order valence-corrected chi connectivity index (χ4v) is 5.93. The number of nitrogens with zero attached hydrogens (tertiary/aromatic N) is 3. The molecule has 10 heteroatoms. The molecule has 37 heavy (non-hydrogen) atoms. The van der Waals surface area contributed by atoms with Gasteiger partial charge in [-0.1, -0.05) is 17.4 Å². The van der Waals surface area contributed by atoms with Gasteiger partial charge < -0.3 is 4.90 Å². The molecule has 194 valence electrons. The minimum Gasteiger partial charge on any atom is -0.309 e. The van der Waals surface area contributed by atoms with Crippen molar-refractivity contribution in [2.75, 3.05) is 36.8 Å². The minimum absolute atomic E-state index is 0.0731. The SMILES string of the molecule is Cc1cc2nc(N(CCCN(C)C)C(=O)c3cccc(NS(=O)(=O)c4ccc(F)cc4)c3)sc2cc1C. The van der Waals surface area contributed by atoms with Crippen molar-refractivity contribution < 1.29 is 17.6 Å². The van der Waals surface area contributed by atoms with E-state index in [9.17, 15) is 17.6 Å². The molecule has 0 aliphatic rings. The third kappa shape index (κ3) is 6.33. The first-order valence-corrected chi connectivity index (χ1v) is 14.1. The van der Waals surface area contributed by atoms with E-state index in [4.69, 9.17) is 4.98 Å². The second-order valence-electron chi connectivity index (χ2n) is 9.15. The molecule has 1 heterocycles. The highest BCUT2D eigenvalue weighted by atomic mass is 32.2. The number of carbonyl (C=O) groups is 1. The molecule has 3 aromatic carbocycles. The van der Waals surface area contributed by atoms with Gasteiger partial charge in [0.2, 0.25) is 0 Å². The van der Waals surface area contributed by atoms with Gasteiger partial charge in [-0.15, -0.1) is 0 Å². The van der Waals surface area contributed by atoms with Crippen LogP contribution in [0.3, 0.4) is 0 Å². The zero-order chi connectivity index (χ0) is 26.7. The summed E-state index contributed by atoms with van der Waals surface area (Å²) in [7, 11) is 0.00499. The number of rotatable bonds is 9. The highest BCUT2D eigenvalue weighted by Gasteiger charge is 2.23. The van der Waals surface area contributed by atoms with Gasteiger partial charge in [0.15, 0.2) is 5.13 Å². The van der Waals surface area contributed by atoms with Crippen molar-refractivity contribution in [1.29, 1.82) is 0 Å². The van der Waals surface area contributed by atoms with E-state index in [-0.39, 0.29) is 16.5 Å². The van der Waals surface area contributed by atoms with Crippen LogP contribution in [0.5, 0.6) is 0 Å². The standard InChI is InChI=1S/C27H29FN4O3S2/c1-18-15-24-25(16-19(18)2)36-27(29-24)32(14-6-13-31(3)4)26(33)20-7-5-8-22(17-20)30-37(34,35)23-11-9-21(28)10-12-23/h5,7-12,15-17,30H,6,13-14H2,1-4H3. The van der Waals surface area contributed by atoms with Crippen LogP contribution in [-0.4, -0.2) is 51.4 Å². The lowest BCUT2D eigenvalue weighted by Gasteiger charge is -2.21. The Kier molecular flexibility index (Phi) is 7.91. The molecule has 1 N–H and O–H groups in total. The molecule has 0 fully saturated rings. The average Bonchev–Trinajstić information content (AvgIpc) is 3.24. The Labute approximate surface area is 220 Å². The third-order valence-corrected chi connectivity index (χ3v) is 8.38. The molecule has 0 radical (unpaired) electrons. The largest absolute Gasteiger partial charge is 0.309 e. The topological polar surface area (TPSA) is 82.6 Å². The van der Waals surface area contributed by atoms with Gasteiger partial charge in [0.05, 0.1) is 15.1 Å². The zero-order valence-corrected chi connectivity index (χ0v) is 22.8. The number of amides is 1. The van der Waals surface area contributed by atoms with Crippen LogP contribution in [0, 0.1) is 19.7 Å².